The van der Waals surface area contributed by atoms with Gasteiger partial charge in [0.1, 0.15) is 0 Å². The summed E-state index contributed by atoms with van der Waals surface area (Å²) in [6.07, 6.45) is 2.18. The number of halogens is 1. The van der Waals surface area contributed by atoms with Crippen molar-refractivity contribution in [3.63, 3.8) is 0 Å². The normalized spacial score (nSPS) is 12.3. The van der Waals surface area contributed by atoms with E-state index in [-0.39, 0.29) is 0 Å². The van der Waals surface area contributed by atoms with Gasteiger partial charge in [0.25, 0.3) is 0 Å². The van der Waals surface area contributed by atoms with Crippen LogP contribution in [0.4, 0.5) is 0 Å². The zero-order valence-electron chi connectivity index (χ0n) is 12.9. The van der Waals surface area contributed by atoms with Gasteiger partial charge < -0.3 is 5.32 Å². The van der Waals surface area contributed by atoms with E-state index in [1.807, 2.05) is 12.1 Å². The van der Waals surface area contributed by atoms with Crippen LogP contribution in [0.3, 0.4) is 0 Å². The van der Waals surface area contributed by atoms with Crippen LogP contribution in [0.15, 0.2) is 48.5 Å². The summed E-state index contributed by atoms with van der Waals surface area (Å²) in [5.41, 5.74) is 4.00. The predicted octanol–water partition coefficient (Wildman–Crippen LogP) is 4.97. The lowest BCUT2D eigenvalue weighted by Gasteiger charge is -2.19. The molecule has 1 nitrogen and oxygen atoms in total. The standard InChI is InChI=1S/C19H24ClN/c1-3-11-21-14-18(17-9-7-15(2)8-10-17)12-16-5-4-6-19(20)13-16/h4-10,13,18,21H,3,11-12,14H2,1-2H3. The molecular formula is C19H24ClN. The first-order valence-corrected chi connectivity index (χ1v) is 8.08. The lowest BCUT2D eigenvalue weighted by molar-refractivity contribution is 0.576. The van der Waals surface area contributed by atoms with Crippen LogP contribution in [0.5, 0.6) is 0 Å². The molecule has 2 heteroatoms. The molecule has 2 aromatic rings. The number of rotatable bonds is 7. The van der Waals surface area contributed by atoms with Gasteiger partial charge in [0.15, 0.2) is 0 Å². The third-order valence-electron chi connectivity index (χ3n) is 3.74. The van der Waals surface area contributed by atoms with Gasteiger partial charge in [0.05, 0.1) is 0 Å². The number of hydrogen-bond acceptors (Lipinski definition) is 1. The zero-order chi connectivity index (χ0) is 15.1. The Morgan fingerprint density at radius 3 is 2.52 bits per heavy atom. The average molecular weight is 302 g/mol. The summed E-state index contributed by atoms with van der Waals surface area (Å²) in [4.78, 5) is 0. The van der Waals surface area contributed by atoms with Crippen LogP contribution in [0.1, 0.15) is 36.0 Å². The Morgan fingerprint density at radius 2 is 1.86 bits per heavy atom. The number of nitrogens with one attached hydrogen (secondary N) is 1. The van der Waals surface area contributed by atoms with Crippen LogP contribution >= 0.6 is 11.6 Å². The van der Waals surface area contributed by atoms with Crippen molar-refractivity contribution in [2.75, 3.05) is 13.1 Å². The molecule has 2 aromatic carbocycles. The highest BCUT2D eigenvalue weighted by molar-refractivity contribution is 6.30. The van der Waals surface area contributed by atoms with Gasteiger partial charge >= 0.3 is 0 Å². The number of hydrogen-bond donors (Lipinski definition) is 1. The van der Waals surface area contributed by atoms with Gasteiger partial charge in [-0.2, -0.15) is 0 Å². The van der Waals surface area contributed by atoms with E-state index in [1.54, 1.807) is 0 Å². The summed E-state index contributed by atoms with van der Waals surface area (Å²) in [7, 11) is 0. The molecule has 112 valence electrons. The van der Waals surface area contributed by atoms with Crippen LogP contribution in [0.25, 0.3) is 0 Å². The highest BCUT2D eigenvalue weighted by Gasteiger charge is 2.12. The van der Waals surface area contributed by atoms with Crippen LogP contribution in [-0.4, -0.2) is 13.1 Å². The minimum Gasteiger partial charge on any atom is -0.316 e. The third-order valence-corrected chi connectivity index (χ3v) is 3.97. The average Bonchev–Trinajstić information content (AvgIpc) is 2.47. The first kappa shape index (κ1) is 16.1. The van der Waals surface area contributed by atoms with E-state index in [4.69, 9.17) is 11.6 Å². The molecule has 0 amide bonds. The Labute approximate surface area is 133 Å². The van der Waals surface area contributed by atoms with Crippen molar-refractivity contribution in [3.05, 3.63) is 70.2 Å². The number of aryl methyl sites for hydroxylation is 1. The molecule has 0 spiro atoms. The summed E-state index contributed by atoms with van der Waals surface area (Å²) < 4.78 is 0. The van der Waals surface area contributed by atoms with Gasteiger partial charge in [-0.15, -0.1) is 0 Å². The van der Waals surface area contributed by atoms with E-state index >= 15 is 0 Å². The lowest BCUT2D eigenvalue weighted by atomic mass is 9.91. The van der Waals surface area contributed by atoms with E-state index < -0.39 is 0 Å². The second-order valence-electron chi connectivity index (χ2n) is 5.65. The molecule has 0 bridgehead atoms. The maximum absolute atomic E-state index is 6.11. The second-order valence-corrected chi connectivity index (χ2v) is 6.08. The maximum atomic E-state index is 6.11. The van der Waals surface area contributed by atoms with Gasteiger partial charge in [-0.05, 0) is 49.6 Å². The Balaban J connectivity index is 2.13. The van der Waals surface area contributed by atoms with Crippen molar-refractivity contribution in [3.8, 4) is 0 Å². The fourth-order valence-corrected chi connectivity index (χ4v) is 2.76. The molecule has 0 radical (unpaired) electrons. The van der Waals surface area contributed by atoms with Gasteiger partial charge in [-0.25, -0.2) is 0 Å². The Bertz CT molecular complexity index is 548. The van der Waals surface area contributed by atoms with E-state index in [0.29, 0.717) is 5.92 Å². The molecule has 0 saturated heterocycles. The molecule has 1 unspecified atom stereocenters. The summed E-state index contributed by atoms with van der Waals surface area (Å²) in [6, 6.07) is 17.1. The van der Waals surface area contributed by atoms with Crippen molar-refractivity contribution >= 4 is 11.6 Å². The SMILES string of the molecule is CCCNCC(Cc1cccc(Cl)c1)c1ccc(C)cc1. The first-order chi connectivity index (χ1) is 10.2. The predicted molar refractivity (Wildman–Crippen MR) is 92.2 cm³/mol. The van der Waals surface area contributed by atoms with Gasteiger partial charge in [0, 0.05) is 17.5 Å². The van der Waals surface area contributed by atoms with Gasteiger partial charge in [0.2, 0.25) is 0 Å². The summed E-state index contributed by atoms with van der Waals surface area (Å²) in [5.74, 6) is 0.482. The highest BCUT2D eigenvalue weighted by atomic mass is 35.5. The molecule has 0 aromatic heterocycles. The summed E-state index contributed by atoms with van der Waals surface area (Å²) >= 11 is 6.11. The summed E-state index contributed by atoms with van der Waals surface area (Å²) in [5, 5.41) is 4.37. The topological polar surface area (TPSA) is 12.0 Å². The van der Waals surface area contributed by atoms with Crippen molar-refractivity contribution in [1.29, 1.82) is 0 Å². The molecule has 0 saturated carbocycles. The van der Waals surface area contributed by atoms with Gasteiger partial charge in [-0.3, -0.25) is 0 Å². The van der Waals surface area contributed by atoms with Crippen LogP contribution in [-0.2, 0) is 6.42 Å². The third kappa shape index (κ3) is 5.18. The lowest BCUT2D eigenvalue weighted by Crippen LogP contribution is -2.23. The van der Waals surface area contributed by atoms with Crippen molar-refractivity contribution < 1.29 is 0 Å². The van der Waals surface area contributed by atoms with Crippen molar-refractivity contribution in [2.45, 2.75) is 32.6 Å². The van der Waals surface area contributed by atoms with Crippen LogP contribution < -0.4 is 5.32 Å². The maximum Gasteiger partial charge on any atom is 0.0408 e. The second kappa shape index (κ2) is 8.21. The Hall–Kier alpha value is -1.31. The molecule has 21 heavy (non-hydrogen) atoms. The molecule has 0 heterocycles. The largest absolute Gasteiger partial charge is 0.316 e. The molecule has 1 N–H and O–H groups in total. The molecule has 0 aliphatic carbocycles. The van der Waals surface area contributed by atoms with Crippen molar-refractivity contribution in [2.24, 2.45) is 0 Å². The van der Waals surface area contributed by atoms with E-state index in [0.717, 1.165) is 31.0 Å². The smallest absolute Gasteiger partial charge is 0.0408 e. The van der Waals surface area contributed by atoms with Crippen molar-refractivity contribution in [1.82, 2.24) is 5.32 Å². The minimum atomic E-state index is 0.482. The fourth-order valence-electron chi connectivity index (χ4n) is 2.55. The molecule has 0 aliphatic heterocycles. The molecule has 1 atom stereocenters. The summed E-state index contributed by atoms with van der Waals surface area (Å²) in [6.45, 7) is 6.40. The van der Waals surface area contributed by atoms with Crippen LogP contribution in [0, 0.1) is 6.92 Å². The zero-order valence-corrected chi connectivity index (χ0v) is 13.7. The Morgan fingerprint density at radius 1 is 1.10 bits per heavy atom. The fraction of sp³-hybridized carbons (Fsp3) is 0.368. The molecule has 0 fully saturated rings. The molecule has 2 rings (SSSR count). The van der Waals surface area contributed by atoms with Gasteiger partial charge in [-0.1, -0.05) is 60.5 Å². The van der Waals surface area contributed by atoms with E-state index in [1.165, 1.54) is 16.7 Å². The number of benzene rings is 2. The van der Waals surface area contributed by atoms with Crippen LogP contribution in [0.2, 0.25) is 5.02 Å². The Kier molecular flexibility index (Phi) is 6.28. The molecular weight excluding hydrogens is 278 g/mol. The minimum absolute atomic E-state index is 0.482. The highest BCUT2D eigenvalue weighted by Crippen LogP contribution is 2.22. The monoisotopic (exact) mass is 301 g/mol. The first-order valence-electron chi connectivity index (χ1n) is 7.70. The quantitative estimate of drug-likeness (QED) is 0.712. The van der Waals surface area contributed by atoms with E-state index in [2.05, 4.69) is 55.6 Å². The molecule has 0 aliphatic rings. The van der Waals surface area contributed by atoms with E-state index in [9.17, 15) is 0 Å².